The van der Waals surface area contributed by atoms with Crippen molar-refractivity contribution in [2.24, 2.45) is 5.92 Å². The van der Waals surface area contributed by atoms with Crippen molar-refractivity contribution in [3.8, 4) is 0 Å². The lowest BCUT2D eigenvalue weighted by atomic mass is 9.73. The average molecular weight is 446 g/mol. The highest BCUT2D eigenvalue weighted by atomic mass is 15.2. The summed E-state index contributed by atoms with van der Waals surface area (Å²) in [6.45, 7) is 8.68. The van der Waals surface area contributed by atoms with Crippen LogP contribution >= 0.6 is 0 Å². The van der Waals surface area contributed by atoms with E-state index in [1.165, 1.54) is 73.3 Å². The molecule has 5 nitrogen and oxygen atoms in total. The predicted molar refractivity (Wildman–Crippen MR) is 134 cm³/mol. The summed E-state index contributed by atoms with van der Waals surface area (Å²) >= 11 is 0. The van der Waals surface area contributed by atoms with E-state index in [4.69, 9.17) is 9.97 Å². The van der Waals surface area contributed by atoms with Crippen molar-refractivity contribution in [3.63, 3.8) is 0 Å². The second kappa shape index (κ2) is 8.66. The molecule has 33 heavy (non-hydrogen) atoms. The summed E-state index contributed by atoms with van der Waals surface area (Å²) in [5.74, 6) is 2.70. The van der Waals surface area contributed by atoms with Crippen LogP contribution in [0.25, 0.3) is 0 Å². The zero-order chi connectivity index (χ0) is 22.4. The third-order valence-electron chi connectivity index (χ3n) is 8.90. The van der Waals surface area contributed by atoms with Gasteiger partial charge in [-0.3, -0.25) is 0 Å². The van der Waals surface area contributed by atoms with Gasteiger partial charge in [0.05, 0.1) is 0 Å². The lowest BCUT2D eigenvalue weighted by molar-refractivity contribution is 0.326. The van der Waals surface area contributed by atoms with Gasteiger partial charge in [-0.1, -0.05) is 38.8 Å². The van der Waals surface area contributed by atoms with Gasteiger partial charge in [0, 0.05) is 41.5 Å². The van der Waals surface area contributed by atoms with Crippen LogP contribution in [0.15, 0.2) is 24.5 Å². The van der Waals surface area contributed by atoms with E-state index in [1.807, 2.05) is 6.33 Å². The summed E-state index contributed by atoms with van der Waals surface area (Å²) in [4.78, 5) is 12.4. The Balaban J connectivity index is 1.45. The van der Waals surface area contributed by atoms with E-state index in [-0.39, 0.29) is 5.41 Å². The molecule has 0 bridgehead atoms. The summed E-state index contributed by atoms with van der Waals surface area (Å²) in [6, 6.07) is 7.46. The Morgan fingerprint density at radius 3 is 2.73 bits per heavy atom. The molecule has 3 heterocycles. The smallest absolute Gasteiger partial charge is 0.140 e. The Morgan fingerprint density at radius 1 is 1.12 bits per heavy atom. The third kappa shape index (κ3) is 3.68. The first-order valence-corrected chi connectivity index (χ1v) is 13.3. The number of nitrogens with one attached hydrogen (secondary N) is 2. The second-order valence-corrected chi connectivity index (χ2v) is 11.2. The Morgan fingerprint density at radius 2 is 1.94 bits per heavy atom. The van der Waals surface area contributed by atoms with Gasteiger partial charge < -0.3 is 15.5 Å². The van der Waals surface area contributed by atoms with Crippen LogP contribution in [-0.4, -0.2) is 35.6 Å². The number of hydrogen-bond donors (Lipinski definition) is 2. The molecule has 2 aliphatic heterocycles. The van der Waals surface area contributed by atoms with E-state index in [1.54, 1.807) is 5.56 Å². The van der Waals surface area contributed by atoms with Crippen molar-refractivity contribution in [2.45, 2.75) is 89.1 Å². The maximum absolute atomic E-state index is 5.02. The average Bonchev–Trinajstić information content (AvgIpc) is 3.56. The van der Waals surface area contributed by atoms with Gasteiger partial charge in [-0.2, -0.15) is 0 Å². The second-order valence-electron chi connectivity index (χ2n) is 11.2. The Bertz CT molecular complexity index is 1000. The molecule has 0 amide bonds. The highest BCUT2D eigenvalue weighted by molar-refractivity contribution is 5.75. The van der Waals surface area contributed by atoms with Gasteiger partial charge in [0.1, 0.15) is 12.1 Å². The summed E-state index contributed by atoms with van der Waals surface area (Å²) in [5, 5.41) is 7.31. The number of fused-ring (bicyclic) bond motifs is 3. The summed E-state index contributed by atoms with van der Waals surface area (Å²) < 4.78 is 0. The van der Waals surface area contributed by atoms with Crippen molar-refractivity contribution >= 4 is 11.5 Å². The molecule has 2 aromatic rings. The van der Waals surface area contributed by atoms with Crippen molar-refractivity contribution in [3.05, 3.63) is 46.9 Å². The topological polar surface area (TPSA) is 53.1 Å². The standard InChI is InChI=1S/C28H39N5/c1-19(2)30-16-21-8-5-9-24-26(21)28(12-14-29-15-13-28)17-33(24)27-25-22(20-6-3-4-7-20)10-11-23(25)31-18-32-27/h5,8-9,18-20,22,29-30H,3-4,6-7,10-17H2,1-2H3/t22-/m0/s1. The van der Waals surface area contributed by atoms with Gasteiger partial charge in [0.25, 0.3) is 0 Å². The van der Waals surface area contributed by atoms with Crippen LogP contribution < -0.4 is 15.5 Å². The SMILES string of the molecule is CC(C)NCc1cccc2c1C1(CCNCC1)CN2c1ncnc2c1[C@H](C1CCCC1)CC2. The summed E-state index contributed by atoms with van der Waals surface area (Å²) in [6.07, 6.45) is 12.2. The number of aryl methyl sites for hydroxylation is 1. The minimum absolute atomic E-state index is 0.217. The molecule has 2 N–H and O–H groups in total. The first-order chi connectivity index (χ1) is 16.2. The van der Waals surface area contributed by atoms with Crippen LogP contribution in [0.4, 0.5) is 11.5 Å². The number of aromatic nitrogens is 2. The molecule has 1 saturated carbocycles. The van der Waals surface area contributed by atoms with Crippen LogP contribution in [0.1, 0.15) is 87.1 Å². The highest BCUT2D eigenvalue weighted by Gasteiger charge is 2.47. The molecule has 1 atom stereocenters. The van der Waals surface area contributed by atoms with Gasteiger partial charge in [0.2, 0.25) is 0 Å². The molecular weight excluding hydrogens is 406 g/mol. The fourth-order valence-electron chi connectivity index (χ4n) is 7.34. The molecule has 1 spiro atoms. The largest absolute Gasteiger partial charge is 0.325 e. The van der Waals surface area contributed by atoms with Gasteiger partial charge >= 0.3 is 0 Å². The molecule has 6 rings (SSSR count). The monoisotopic (exact) mass is 445 g/mol. The Labute approximate surface area is 198 Å². The zero-order valence-electron chi connectivity index (χ0n) is 20.4. The molecule has 0 unspecified atom stereocenters. The first kappa shape index (κ1) is 21.5. The van der Waals surface area contributed by atoms with Crippen molar-refractivity contribution < 1.29 is 0 Å². The summed E-state index contributed by atoms with van der Waals surface area (Å²) in [5.41, 5.74) is 7.49. The van der Waals surface area contributed by atoms with Crippen molar-refractivity contribution in [2.75, 3.05) is 24.5 Å². The zero-order valence-corrected chi connectivity index (χ0v) is 20.4. The van der Waals surface area contributed by atoms with Crippen LogP contribution in [0, 0.1) is 5.92 Å². The van der Waals surface area contributed by atoms with Crippen molar-refractivity contribution in [1.29, 1.82) is 0 Å². The van der Waals surface area contributed by atoms with E-state index >= 15 is 0 Å². The minimum atomic E-state index is 0.217. The number of hydrogen-bond acceptors (Lipinski definition) is 5. The Hall–Kier alpha value is -1.98. The quantitative estimate of drug-likeness (QED) is 0.681. The number of nitrogens with zero attached hydrogens (tertiary/aromatic N) is 3. The Kier molecular flexibility index (Phi) is 5.66. The normalized spacial score (nSPS) is 24.1. The fourth-order valence-corrected chi connectivity index (χ4v) is 7.34. The molecule has 176 valence electrons. The van der Waals surface area contributed by atoms with Gasteiger partial charge in [-0.05, 0) is 80.6 Å². The van der Waals surface area contributed by atoms with E-state index in [2.05, 4.69) is 47.6 Å². The van der Waals surface area contributed by atoms with E-state index in [0.29, 0.717) is 12.0 Å². The molecule has 0 radical (unpaired) electrons. The molecule has 1 aromatic carbocycles. The van der Waals surface area contributed by atoms with Crippen LogP contribution in [0.3, 0.4) is 0 Å². The third-order valence-corrected chi connectivity index (χ3v) is 8.90. The maximum atomic E-state index is 5.02. The first-order valence-electron chi connectivity index (χ1n) is 13.3. The molecule has 1 saturated heterocycles. The van der Waals surface area contributed by atoms with Gasteiger partial charge in [0.15, 0.2) is 0 Å². The minimum Gasteiger partial charge on any atom is -0.325 e. The van der Waals surface area contributed by atoms with E-state index < -0.39 is 0 Å². The maximum Gasteiger partial charge on any atom is 0.140 e. The molecular formula is C28H39N5. The van der Waals surface area contributed by atoms with Gasteiger partial charge in [-0.15, -0.1) is 0 Å². The summed E-state index contributed by atoms with van der Waals surface area (Å²) in [7, 11) is 0. The van der Waals surface area contributed by atoms with Crippen LogP contribution in [0.2, 0.25) is 0 Å². The molecule has 4 aliphatic rings. The number of benzene rings is 1. The van der Waals surface area contributed by atoms with Gasteiger partial charge in [-0.25, -0.2) is 9.97 Å². The fraction of sp³-hybridized carbons (Fsp3) is 0.643. The lowest BCUT2D eigenvalue weighted by Gasteiger charge is -2.36. The van der Waals surface area contributed by atoms with Crippen LogP contribution in [0.5, 0.6) is 0 Å². The van der Waals surface area contributed by atoms with Crippen LogP contribution in [-0.2, 0) is 18.4 Å². The van der Waals surface area contributed by atoms with Crippen molar-refractivity contribution in [1.82, 2.24) is 20.6 Å². The number of anilines is 2. The molecule has 5 heteroatoms. The molecule has 2 fully saturated rings. The lowest BCUT2D eigenvalue weighted by Crippen LogP contribution is -2.43. The van der Waals surface area contributed by atoms with E-state index in [9.17, 15) is 0 Å². The molecule has 2 aliphatic carbocycles. The number of rotatable bonds is 5. The van der Waals surface area contributed by atoms with E-state index in [0.717, 1.165) is 38.5 Å². The molecule has 1 aromatic heterocycles. The highest BCUT2D eigenvalue weighted by Crippen LogP contribution is 2.53. The number of piperidine rings is 1. The predicted octanol–water partition coefficient (Wildman–Crippen LogP) is 4.97.